The second kappa shape index (κ2) is 10.2. The van der Waals surface area contributed by atoms with E-state index in [-0.39, 0.29) is 11.6 Å². The molecule has 1 fully saturated rings. The Kier molecular flexibility index (Phi) is 7.08. The molecule has 0 aliphatic heterocycles. The molecule has 0 spiro atoms. The molecule has 1 aliphatic rings. The average Bonchev–Trinajstić information content (AvgIpc) is 2.83. The summed E-state index contributed by atoms with van der Waals surface area (Å²) in [5, 5.41) is 4.76. The van der Waals surface area contributed by atoms with Gasteiger partial charge in [0, 0.05) is 11.6 Å². The molecule has 4 rings (SSSR count). The SMILES string of the molecule is COC(=O)c1ccccc1NC(=S)N(Cc1cc2cccc(C)c2[nH]c1=O)C1CCCCC1. The average molecular weight is 464 g/mol. The van der Waals surface area contributed by atoms with Gasteiger partial charge in [-0.15, -0.1) is 0 Å². The van der Waals surface area contributed by atoms with Crippen LogP contribution in [0.2, 0.25) is 0 Å². The van der Waals surface area contributed by atoms with Crippen molar-refractivity contribution >= 4 is 39.9 Å². The number of anilines is 1. The van der Waals surface area contributed by atoms with Gasteiger partial charge in [0.15, 0.2) is 5.11 Å². The van der Waals surface area contributed by atoms with Gasteiger partial charge in [-0.1, -0.05) is 49.6 Å². The third-order valence-electron chi connectivity index (χ3n) is 6.36. The monoisotopic (exact) mass is 463 g/mol. The minimum absolute atomic E-state index is 0.102. The highest BCUT2D eigenvalue weighted by atomic mass is 32.1. The van der Waals surface area contributed by atoms with Crippen molar-refractivity contribution in [2.75, 3.05) is 12.4 Å². The van der Waals surface area contributed by atoms with Crippen LogP contribution < -0.4 is 10.9 Å². The molecule has 0 bridgehead atoms. The second-order valence-electron chi connectivity index (χ2n) is 8.55. The summed E-state index contributed by atoms with van der Waals surface area (Å²) in [5.41, 5.74) is 3.49. The molecule has 6 nitrogen and oxygen atoms in total. The van der Waals surface area contributed by atoms with E-state index in [9.17, 15) is 9.59 Å². The molecule has 2 N–H and O–H groups in total. The number of nitrogens with zero attached hydrogens (tertiary/aromatic N) is 1. The zero-order chi connectivity index (χ0) is 23.4. The second-order valence-corrected chi connectivity index (χ2v) is 8.94. The number of carbonyl (C=O) groups is 1. The van der Waals surface area contributed by atoms with Gasteiger partial charge in [0.05, 0.1) is 30.4 Å². The molecule has 1 aromatic heterocycles. The van der Waals surface area contributed by atoms with Gasteiger partial charge in [0.25, 0.3) is 5.56 Å². The maximum Gasteiger partial charge on any atom is 0.339 e. The van der Waals surface area contributed by atoms with Gasteiger partial charge in [-0.2, -0.15) is 0 Å². The van der Waals surface area contributed by atoms with Crippen molar-refractivity contribution in [3.05, 3.63) is 75.6 Å². The zero-order valence-corrected chi connectivity index (χ0v) is 19.8. The Labute approximate surface area is 199 Å². The molecule has 0 amide bonds. The number of hydrogen-bond donors (Lipinski definition) is 2. The number of aryl methyl sites for hydroxylation is 1. The molecule has 172 valence electrons. The highest BCUT2D eigenvalue weighted by Gasteiger charge is 2.25. The Morgan fingerprint density at radius 1 is 1.15 bits per heavy atom. The number of thiocarbonyl (C=S) groups is 1. The third-order valence-corrected chi connectivity index (χ3v) is 6.69. The van der Waals surface area contributed by atoms with Crippen molar-refractivity contribution in [1.29, 1.82) is 0 Å². The Morgan fingerprint density at radius 2 is 1.91 bits per heavy atom. The van der Waals surface area contributed by atoms with E-state index in [1.807, 2.05) is 43.3 Å². The summed E-state index contributed by atoms with van der Waals surface area (Å²) in [7, 11) is 1.36. The number of rotatable bonds is 5. The number of hydrogen-bond acceptors (Lipinski definition) is 4. The van der Waals surface area contributed by atoms with Gasteiger partial charge in [-0.3, -0.25) is 4.79 Å². The normalized spacial score (nSPS) is 14.1. The van der Waals surface area contributed by atoms with Crippen molar-refractivity contribution in [2.45, 2.75) is 51.6 Å². The number of H-pyrrole nitrogens is 1. The first-order valence-corrected chi connectivity index (χ1v) is 11.7. The fraction of sp³-hybridized carbons (Fsp3) is 0.346. The molecule has 3 aromatic rings. The highest BCUT2D eigenvalue weighted by Crippen LogP contribution is 2.26. The van der Waals surface area contributed by atoms with Crippen molar-refractivity contribution in [1.82, 2.24) is 9.88 Å². The van der Waals surface area contributed by atoms with Crippen molar-refractivity contribution in [3.8, 4) is 0 Å². The Balaban J connectivity index is 1.66. The van der Waals surface area contributed by atoms with Crippen molar-refractivity contribution in [2.24, 2.45) is 0 Å². The summed E-state index contributed by atoms with van der Waals surface area (Å²) >= 11 is 5.83. The van der Waals surface area contributed by atoms with Crippen LogP contribution in [0.3, 0.4) is 0 Å². The summed E-state index contributed by atoms with van der Waals surface area (Å²) in [6.07, 6.45) is 5.52. The lowest BCUT2D eigenvalue weighted by atomic mass is 9.94. The zero-order valence-electron chi connectivity index (χ0n) is 19.0. The minimum atomic E-state index is -0.425. The van der Waals surface area contributed by atoms with Gasteiger partial charge >= 0.3 is 5.97 Å². The van der Waals surface area contributed by atoms with Crippen molar-refractivity contribution in [3.63, 3.8) is 0 Å². The van der Waals surface area contributed by atoms with Gasteiger partial charge in [-0.05, 0) is 61.1 Å². The number of aromatic amines is 1. The predicted molar refractivity (Wildman–Crippen MR) is 136 cm³/mol. The van der Waals surface area contributed by atoms with Crippen LogP contribution in [-0.4, -0.2) is 34.1 Å². The molecule has 1 saturated carbocycles. The van der Waals surface area contributed by atoms with E-state index in [4.69, 9.17) is 17.0 Å². The molecule has 1 heterocycles. The van der Waals surface area contributed by atoms with E-state index in [1.165, 1.54) is 13.5 Å². The minimum Gasteiger partial charge on any atom is -0.465 e. The van der Waals surface area contributed by atoms with Crippen LogP contribution in [0.15, 0.2) is 53.3 Å². The summed E-state index contributed by atoms with van der Waals surface area (Å²) < 4.78 is 4.92. The van der Waals surface area contributed by atoms with Crippen LogP contribution in [-0.2, 0) is 11.3 Å². The summed E-state index contributed by atoms with van der Waals surface area (Å²) in [6.45, 7) is 2.39. The van der Waals surface area contributed by atoms with Crippen LogP contribution >= 0.6 is 12.2 Å². The number of fused-ring (bicyclic) bond motifs is 1. The van der Waals surface area contributed by atoms with Gasteiger partial charge in [-0.25, -0.2) is 4.79 Å². The van der Waals surface area contributed by atoms with Crippen LogP contribution in [0.5, 0.6) is 0 Å². The standard InChI is InChI=1S/C26H29N3O3S/c1-17-9-8-10-18-15-19(24(30)28-23(17)18)16-29(20-11-4-3-5-12-20)26(33)27-22-14-7-6-13-21(22)25(31)32-2/h6-10,13-15,20H,3-5,11-12,16H2,1-2H3,(H,27,33)(H,28,30). The summed E-state index contributed by atoms with van der Waals surface area (Å²) in [6, 6.07) is 15.3. The number of carbonyl (C=O) groups excluding carboxylic acids is 1. The maximum absolute atomic E-state index is 13.0. The predicted octanol–water partition coefficient (Wildman–Crippen LogP) is 5.15. The van der Waals surface area contributed by atoms with E-state index in [0.29, 0.717) is 28.5 Å². The highest BCUT2D eigenvalue weighted by molar-refractivity contribution is 7.80. The van der Waals surface area contributed by atoms with E-state index >= 15 is 0 Å². The molecule has 0 saturated heterocycles. The lowest BCUT2D eigenvalue weighted by molar-refractivity contribution is 0.0602. The largest absolute Gasteiger partial charge is 0.465 e. The summed E-state index contributed by atoms with van der Waals surface area (Å²) in [4.78, 5) is 30.3. The first kappa shape index (κ1) is 23.0. The third kappa shape index (κ3) is 5.09. The van der Waals surface area contributed by atoms with Gasteiger partial charge < -0.3 is 19.9 Å². The number of aromatic nitrogens is 1. The molecule has 33 heavy (non-hydrogen) atoms. The first-order valence-electron chi connectivity index (χ1n) is 11.3. The molecular formula is C26H29N3O3S. The quantitative estimate of drug-likeness (QED) is 0.402. The maximum atomic E-state index is 13.0. The number of methoxy groups -OCH3 is 1. The smallest absolute Gasteiger partial charge is 0.339 e. The number of para-hydroxylation sites is 2. The summed E-state index contributed by atoms with van der Waals surface area (Å²) in [5.74, 6) is -0.425. The lowest BCUT2D eigenvalue weighted by Crippen LogP contribution is -2.44. The van der Waals surface area contributed by atoms with E-state index in [1.54, 1.807) is 12.1 Å². The van der Waals surface area contributed by atoms with Crippen molar-refractivity contribution < 1.29 is 9.53 Å². The van der Waals surface area contributed by atoms with E-state index < -0.39 is 5.97 Å². The molecule has 1 aliphatic carbocycles. The first-order chi connectivity index (χ1) is 16.0. The van der Waals surface area contributed by atoms with E-state index in [2.05, 4.69) is 15.2 Å². The Bertz CT molecular complexity index is 1230. The number of ether oxygens (including phenoxy) is 1. The van der Waals surface area contributed by atoms with E-state index in [0.717, 1.165) is 42.1 Å². The van der Waals surface area contributed by atoms with Crippen LogP contribution in [0.1, 0.15) is 53.6 Å². The fourth-order valence-electron chi connectivity index (χ4n) is 4.56. The Hall–Kier alpha value is -3.19. The number of pyridine rings is 1. The fourth-order valence-corrected chi connectivity index (χ4v) is 4.88. The molecule has 0 atom stereocenters. The van der Waals surface area contributed by atoms with Crippen LogP contribution in [0, 0.1) is 6.92 Å². The molecule has 7 heteroatoms. The molecule has 2 aromatic carbocycles. The number of nitrogens with one attached hydrogen (secondary N) is 2. The van der Waals surface area contributed by atoms with Crippen LogP contribution in [0.4, 0.5) is 5.69 Å². The molecule has 0 radical (unpaired) electrons. The molecular weight excluding hydrogens is 434 g/mol. The molecule has 0 unspecified atom stereocenters. The topological polar surface area (TPSA) is 74.4 Å². The van der Waals surface area contributed by atoms with Crippen LogP contribution in [0.25, 0.3) is 10.9 Å². The van der Waals surface area contributed by atoms with Gasteiger partial charge in [0.2, 0.25) is 0 Å². The number of esters is 1. The lowest BCUT2D eigenvalue weighted by Gasteiger charge is -2.36. The number of benzene rings is 2. The van der Waals surface area contributed by atoms with Gasteiger partial charge in [0.1, 0.15) is 0 Å². The Morgan fingerprint density at radius 3 is 2.67 bits per heavy atom.